The summed E-state index contributed by atoms with van der Waals surface area (Å²) < 4.78 is 19.6. The summed E-state index contributed by atoms with van der Waals surface area (Å²) in [7, 11) is 0. The minimum Gasteiger partial charge on any atom is -0.444 e. The van der Waals surface area contributed by atoms with Gasteiger partial charge in [0, 0.05) is 38.3 Å². The summed E-state index contributed by atoms with van der Waals surface area (Å²) in [6, 6.07) is 5.03. The molecule has 1 aromatic rings. The number of benzene rings is 1. The van der Waals surface area contributed by atoms with Crippen LogP contribution in [0.4, 0.5) is 19.7 Å². The molecule has 1 atom stereocenters. The first-order valence-electron chi connectivity index (χ1n) is 11.2. The SMILES string of the molecule is Cc1ccc(F)c(N2CCCC(NC(=O)N3CCC(NC(=O)OC(C)(C)C)CC3)C2)c1. The van der Waals surface area contributed by atoms with E-state index in [9.17, 15) is 14.0 Å². The Morgan fingerprint density at radius 3 is 2.45 bits per heavy atom. The smallest absolute Gasteiger partial charge is 0.407 e. The number of hydrogen-bond acceptors (Lipinski definition) is 4. The van der Waals surface area contributed by atoms with Crippen LogP contribution in [0.25, 0.3) is 0 Å². The molecule has 2 aliphatic rings. The number of aryl methyl sites for hydroxylation is 1. The number of nitrogens with one attached hydrogen (secondary N) is 2. The van der Waals surface area contributed by atoms with E-state index >= 15 is 0 Å². The van der Waals surface area contributed by atoms with Gasteiger partial charge in [-0.2, -0.15) is 0 Å². The number of likely N-dealkylation sites (tertiary alicyclic amines) is 1. The summed E-state index contributed by atoms with van der Waals surface area (Å²) in [5.41, 5.74) is 1.10. The van der Waals surface area contributed by atoms with E-state index in [0.717, 1.165) is 24.9 Å². The standard InChI is InChI=1S/C23H35FN4O3/c1-16-7-8-19(24)20(14-16)28-11-5-6-18(15-28)25-21(29)27-12-9-17(10-13-27)26-22(30)31-23(2,3)4/h7-8,14,17-18H,5-6,9-13,15H2,1-4H3,(H,25,29)(H,26,30). The summed E-state index contributed by atoms with van der Waals surface area (Å²) in [6.07, 6.45) is 2.75. The molecule has 0 aromatic heterocycles. The maximum absolute atomic E-state index is 14.3. The van der Waals surface area contributed by atoms with Gasteiger partial charge >= 0.3 is 12.1 Å². The Morgan fingerprint density at radius 1 is 1.06 bits per heavy atom. The highest BCUT2D eigenvalue weighted by Gasteiger charge is 2.28. The topological polar surface area (TPSA) is 73.9 Å². The quantitative estimate of drug-likeness (QED) is 0.759. The van der Waals surface area contributed by atoms with Crippen molar-refractivity contribution in [3.63, 3.8) is 0 Å². The molecule has 2 saturated heterocycles. The number of nitrogens with zero attached hydrogens (tertiary/aromatic N) is 2. The molecule has 172 valence electrons. The van der Waals surface area contributed by atoms with Crippen molar-refractivity contribution in [1.29, 1.82) is 0 Å². The molecule has 0 spiro atoms. The van der Waals surface area contributed by atoms with Crippen molar-refractivity contribution in [3.8, 4) is 0 Å². The maximum Gasteiger partial charge on any atom is 0.407 e. The number of rotatable bonds is 3. The lowest BCUT2D eigenvalue weighted by molar-refractivity contribution is 0.0485. The molecule has 0 radical (unpaired) electrons. The Kier molecular flexibility index (Phi) is 7.28. The highest BCUT2D eigenvalue weighted by Crippen LogP contribution is 2.24. The number of carbonyl (C=O) groups excluding carboxylic acids is 2. The van der Waals surface area contributed by atoms with Crippen LogP contribution in [-0.4, -0.2) is 60.9 Å². The van der Waals surface area contributed by atoms with Gasteiger partial charge in [-0.25, -0.2) is 14.0 Å². The van der Waals surface area contributed by atoms with Crippen LogP contribution in [-0.2, 0) is 4.74 Å². The minimum atomic E-state index is -0.528. The van der Waals surface area contributed by atoms with Gasteiger partial charge in [-0.15, -0.1) is 0 Å². The Labute approximate surface area is 184 Å². The molecular weight excluding hydrogens is 399 g/mol. The van der Waals surface area contributed by atoms with Crippen LogP contribution >= 0.6 is 0 Å². The fraction of sp³-hybridized carbons (Fsp3) is 0.652. The van der Waals surface area contributed by atoms with E-state index in [2.05, 4.69) is 10.6 Å². The number of piperidine rings is 2. The monoisotopic (exact) mass is 434 g/mol. The highest BCUT2D eigenvalue weighted by atomic mass is 19.1. The van der Waals surface area contributed by atoms with Crippen LogP contribution < -0.4 is 15.5 Å². The lowest BCUT2D eigenvalue weighted by Gasteiger charge is -2.37. The van der Waals surface area contributed by atoms with Crippen molar-refractivity contribution in [3.05, 3.63) is 29.6 Å². The summed E-state index contributed by atoms with van der Waals surface area (Å²) in [4.78, 5) is 28.5. The Morgan fingerprint density at radius 2 is 1.77 bits per heavy atom. The fourth-order valence-corrected chi connectivity index (χ4v) is 4.15. The van der Waals surface area contributed by atoms with Gasteiger partial charge in [0.1, 0.15) is 11.4 Å². The lowest BCUT2D eigenvalue weighted by Crippen LogP contribution is -2.54. The Hall–Kier alpha value is -2.51. The van der Waals surface area contributed by atoms with Crippen molar-refractivity contribution < 1.29 is 18.7 Å². The predicted molar refractivity (Wildman–Crippen MR) is 119 cm³/mol. The molecule has 2 aliphatic heterocycles. The van der Waals surface area contributed by atoms with E-state index in [1.165, 1.54) is 6.07 Å². The molecule has 2 heterocycles. The minimum absolute atomic E-state index is 0.00775. The van der Waals surface area contributed by atoms with E-state index in [-0.39, 0.29) is 23.9 Å². The molecule has 2 N–H and O–H groups in total. The first-order chi connectivity index (χ1) is 14.6. The lowest BCUT2D eigenvalue weighted by atomic mass is 10.0. The number of carbonyl (C=O) groups is 2. The summed E-state index contributed by atoms with van der Waals surface area (Å²) in [6.45, 7) is 9.99. The van der Waals surface area contributed by atoms with E-state index in [1.54, 1.807) is 11.0 Å². The van der Waals surface area contributed by atoms with Gasteiger partial charge in [0.15, 0.2) is 0 Å². The van der Waals surface area contributed by atoms with Crippen molar-refractivity contribution in [1.82, 2.24) is 15.5 Å². The molecule has 0 saturated carbocycles. The fourth-order valence-electron chi connectivity index (χ4n) is 4.15. The first-order valence-corrected chi connectivity index (χ1v) is 11.2. The van der Waals surface area contributed by atoms with Gasteiger partial charge in [0.25, 0.3) is 0 Å². The molecule has 2 fully saturated rings. The van der Waals surface area contributed by atoms with E-state index in [0.29, 0.717) is 38.2 Å². The van der Waals surface area contributed by atoms with Crippen molar-refractivity contribution in [2.75, 3.05) is 31.1 Å². The van der Waals surface area contributed by atoms with Gasteiger partial charge in [-0.1, -0.05) is 6.07 Å². The predicted octanol–water partition coefficient (Wildman–Crippen LogP) is 3.80. The second-order valence-corrected chi connectivity index (χ2v) is 9.60. The van der Waals surface area contributed by atoms with Crippen LogP contribution in [0, 0.1) is 12.7 Å². The number of hydrogen-bond donors (Lipinski definition) is 2. The molecule has 8 heteroatoms. The summed E-state index contributed by atoms with van der Waals surface area (Å²) in [5.74, 6) is -0.225. The van der Waals surface area contributed by atoms with Gasteiger partial charge < -0.3 is 25.2 Å². The molecule has 0 aliphatic carbocycles. The van der Waals surface area contributed by atoms with Gasteiger partial charge in [0.2, 0.25) is 0 Å². The average Bonchev–Trinajstić information content (AvgIpc) is 2.69. The van der Waals surface area contributed by atoms with Crippen LogP contribution in [0.2, 0.25) is 0 Å². The maximum atomic E-state index is 14.3. The van der Waals surface area contributed by atoms with Crippen LogP contribution in [0.5, 0.6) is 0 Å². The highest BCUT2D eigenvalue weighted by molar-refractivity contribution is 5.75. The van der Waals surface area contributed by atoms with Gasteiger partial charge in [0.05, 0.1) is 5.69 Å². The molecule has 31 heavy (non-hydrogen) atoms. The molecule has 1 unspecified atom stereocenters. The zero-order valence-electron chi connectivity index (χ0n) is 19.0. The van der Waals surface area contributed by atoms with Crippen molar-refractivity contribution >= 4 is 17.8 Å². The van der Waals surface area contributed by atoms with Gasteiger partial charge in [-0.05, 0) is 71.1 Å². The number of ether oxygens (including phenoxy) is 1. The normalized spacial score (nSPS) is 20.4. The number of urea groups is 1. The second kappa shape index (κ2) is 9.75. The summed E-state index contributed by atoms with van der Waals surface area (Å²) in [5, 5.41) is 6.01. The molecule has 1 aromatic carbocycles. The molecule has 3 amide bonds. The van der Waals surface area contributed by atoms with E-state index < -0.39 is 11.7 Å². The number of amides is 3. The van der Waals surface area contributed by atoms with E-state index in [4.69, 9.17) is 4.74 Å². The van der Waals surface area contributed by atoms with Gasteiger partial charge in [-0.3, -0.25) is 0 Å². The summed E-state index contributed by atoms with van der Waals surface area (Å²) >= 11 is 0. The van der Waals surface area contributed by atoms with Crippen LogP contribution in [0.15, 0.2) is 18.2 Å². The second-order valence-electron chi connectivity index (χ2n) is 9.60. The third kappa shape index (κ3) is 6.74. The largest absolute Gasteiger partial charge is 0.444 e. The van der Waals surface area contributed by atoms with Crippen LogP contribution in [0.3, 0.4) is 0 Å². The third-order valence-corrected chi connectivity index (χ3v) is 5.69. The first kappa shape index (κ1) is 23.2. The van der Waals surface area contributed by atoms with Crippen molar-refractivity contribution in [2.45, 2.75) is 71.1 Å². The Bertz CT molecular complexity index is 788. The molecule has 3 rings (SSSR count). The molecule has 7 nitrogen and oxygen atoms in total. The third-order valence-electron chi connectivity index (χ3n) is 5.69. The number of anilines is 1. The van der Waals surface area contributed by atoms with E-state index in [1.807, 2.05) is 38.7 Å². The number of alkyl carbamates (subject to hydrolysis) is 1. The zero-order valence-corrected chi connectivity index (χ0v) is 19.0. The van der Waals surface area contributed by atoms with Crippen molar-refractivity contribution in [2.24, 2.45) is 0 Å². The Balaban J connectivity index is 1.46. The average molecular weight is 435 g/mol. The molecule has 0 bridgehead atoms. The number of halogens is 1. The zero-order chi connectivity index (χ0) is 22.6. The van der Waals surface area contributed by atoms with Crippen LogP contribution in [0.1, 0.15) is 52.0 Å². The molecular formula is C23H35FN4O3.